The number of carbonyl (C=O) groups is 2. The second-order valence-electron chi connectivity index (χ2n) is 6.18. The molecule has 5 nitrogen and oxygen atoms in total. The van der Waals surface area contributed by atoms with E-state index in [2.05, 4.69) is 0 Å². The Kier molecular flexibility index (Phi) is 5.01. The van der Waals surface area contributed by atoms with Crippen molar-refractivity contribution in [1.82, 2.24) is 9.80 Å². The molecule has 0 bridgehead atoms. The van der Waals surface area contributed by atoms with Gasteiger partial charge in [0.1, 0.15) is 5.76 Å². The van der Waals surface area contributed by atoms with Gasteiger partial charge >= 0.3 is 0 Å². The molecule has 0 unspecified atom stereocenters. The minimum Gasteiger partial charge on any atom is -0.507 e. The van der Waals surface area contributed by atoms with E-state index in [1.165, 1.54) is 11.3 Å². The Morgan fingerprint density at radius 3 is 2.48 bits per heavy atom. The van der Waals surface area contributed by atoms with Crippen molar-refractivity contribution in [3.8, 4) is 0 Å². The number of carbonyl (C=O) groups excluding carboxylic acids is 2. The van der Waals surface area contributed by atoms with Crippen molar-refractivity contribution in [2.75, 3.05) is 27.2 Å². The van der Waals surface area contributed by atoms with Crippen LogP contribution in [0.15, 0.2) is 53.4 Å². The number of thiophene rings is 1. The fourth-order valence-corrected chi connectivity index (χ4v) is 3.76. The van der Waals surface area contributed by atoms with Crippen molar-refractivity contribution in [3.63, 3.8) is 0 Å². The van der Waals surface area contributed by atoms with Gasteiger partial charge in [-0.25, -0.2) is 0 Å². The summed E-state index contributed by atoms with van der Waals surface area (Å²) in [6, 6.07) is 12.1. The normalized spacial score (nSPS) is 19.8. The lowest BCUT2D eigenvalue weighted by atomic mass is 10.00. The molecule has 2 aromatic rings. The number of hydrogen-bond acceptors (Lipinski definition) is 5. The molecule has 1 fully saturated rings. The third-order valence-corrected chi connectivity index (χ3v) is 5.11. The highest BCUT2D eigenvalue weighted by atomic mass is 32.1. The number of benzene rings is 1. The van der Waals surface area contributed by atoms with Crippen LogP contribution < -0.4 is 0 Å². The lowest BCUT2D eigenvalue weighted by Crippen LogP contribution is -2.35. The zero-order valence-electron chi connectivity index (χ0n) is 14.2. The van der Waals surface area contributed by atoms with Crippen molar-refractivity contribution in [1.29, 1.82) is 0 Å². The first-order chi connectivity index (χ1) is 12.0. The summed E-state index contributed by atoms with van der Waals surface area (Å²) in [4.78, 5) is 29.6. The van der Waals surface area contributed by atoms with Crippen molar-refractivity contribution in [2.24, 2.45) is 0 Å². The van der Waals surface area contributed by atoms with Gasteiger partial charge in [0, 0.05) is 23.5 Å². The number of aliphatic hydroxyl groups is 1. The zero-order chi connectivity index (χ0) is 18.0. The monoisotopic (exact) mass is 356 g/mol. The standard InChI is InChI=1S/C19H20N2O3S/c1-20(2)10-11-21-16(14-9-6-12-25-14)15(18(23)19(21)24)17(22)13-7-4-3-5-8-13/h3-9,12,16,22H,10-11H2,1-2H3/t16-/m0/s1. The SMILES string of the molecule is CN(C)CCN1C(=O)C(=O)C(=C(O)c2ccccc2)[C@@H]1c1cccs1. The van der Waals surface area contributed by atoms with Crippen LogP contribution in [0.1, 0.15) is 16.5 Å². The number of ketones is 1. The van der Waals surface area contributed by atoms with Crippen LogP contribution in [-0.4, -0.2) is 53.8 Å². The van der Waals surface area contributed by atoms with Crippen molar-refractivity contribution in [2.45, 2.75) is 6.04 Å². The van der Waals surface area contributed by atoms with E-state index in [9.17, 15) is 14.7 Å². The van der Waals surface area contributed by atoms with E-state index in [0.717, 1.165) is 4.88 Å². The zero-order valence-corrected chi connectivity index (χ0v) is 15.0. The Morgan fingerprint density at radius 1 is 1.16 bits per heavy atom. The van der Waals surface area contributed by atoms with Gasteiger partial charge in [0.05, 0.1) is 11.6 Å². The number of amides is 1. The molecule has 2 heterocycles. The Balaban J connectivity index is 2.09. The van der Waals surface area contributed by atoms with Gasteiger partial charge in [0.2, 0.25) is 0 Å². The van der Waals surface area contributed by atoms with Gasteiger partial charge < -0.3 is 14.9 Å². The molecule has 1 aromatic carbocycles. The first-order valence-corrected chi connectivity index (χ1v) is 8.90. The van der Waals surface area contributed by atoms with Crippen LogP contribution >= 0.6 is 11.3 Å². The van der Waals surface area contributed by atoms with E-state index in [-0.39, 0.29) is 11.3 Å². The molecule has 1 aliphatic heterocycles. The van der Waals surface area contributed by atoms with Crippen LogP contribution in [0.4, 0.5) is 0 Å². The molecule has 1 amide bonds. The number of rotatable bonds is 5. The molecule has 0 radical (unpaired) electrons. The predicted octanol–water partition coefficient (Wildman–Crippen LogP) is 2.73. The number of likely N-dealkylation sites (tertiary alicyclic amines) is 1. The summed E-state index contributed by atoms with van der Waals surface area (Å²) < 4.78 is 0. The van der Waals surface area contributed by atoms with Crippen LogP contribution in [0.5, 0.6) is 0 Å². The summed E-state index contributed by atoms with van der Waals surface area (Å²) in [5.41, 5.74) is 0.701. The summed E-state index contributed by atoms with van der Waals surface area (Å²) in [5.74, 6) is -1.30. The van der Waals surface area contributed by atoms with Gasteiger partial charge in [-0.2, -0.15) is 0 Å². The second-order valence-corrected chi connectivity index (χ2v) is 7.16. The van der Waals surface area contributed by atoms with E-state index in [0.29, 0.717) is 18.7 Å². The lowest BCUT2D eigenvalue weighted by Gasteiger charge is -2.25. The topological polar surface area (TPSA) is 60.9 Å². The minimum absolute atomic E-state index is 0.121. The highest BCUT2D eigenvalue weighted by Crippen LogP contribution is 2.40. The van der Waals surface area contributed by atoms with Crippen LogP contribution in [0.2, 0.25) is 0 Å². The fourth-order valence-electron chi connectivity index (χ4n) is 2.91. The third kappa shape index (κ3) is 3.36. The second kappa shape index (κ2) is 7.21. The van der Waals surface area contributed by atoms with Crippen molar-refractivity contribution >= 4 is 28.8 Å². The number of Topliss-reactive ketones (excluding diaryl/α,β-unsaturated/α-hetero) is 1. The van der Waals surface area contributed by atoms with E-state index in [1.807, 2.05) is 42.6 Å². The quantitative estimate of drug-likeness (QED) is 0.508. The van der Waals surface area contributed by atoms with Crippen LogP contribution in [0, 0.1) is 0 Å². The Bertz CT molecular complexity index is 797. The molecule has 0 spiro atoms. The highest BCUT2D eigenvalue weighted by molar-refractivity contribution is 7.10. The maximum Gasteiger partial charge on any atom is 0.295 e. The molecule has 25 heavy (non-hydrogen) atoms. The maximum atomic E-state index is 12.7. The highest BCUT2D eigenvalue weighted by Gasteiger charge is 2.46. The molecule has 3 rings (SSSR count). The Morgan fingerprint density at radius 2 is 1.88 bits per heavy atom. The molecule has 1 aromatic heterocycles. The molecule has 130 valence electrons. The van der Waals surface area contributed by atoms with Gasteiger partial charge in [-0.15, -0.1) is 11.3 Å². The predicted molar refractivity (Wildman–Crippen MR) is 98.3 cm³/mol. The molecule has 0 aliphatic carbocycles. The van der Waals surface area contributed by atoms with Gasteiger partial charge in [-0.3, -0.25) is 9.59 Å². The van der Waals surface area contributed by atoms with Crippen molar-refractivity contribution in [3.05, 3.63) is 63.9 Å². The molecule has 1 aliphatic rings. The van der Waals surface area contributed by atoms with Gasteiger partial charge in [-0.05, 0) is 25.5 Å². The van der Waals surface area contributed by atoms with Crippen LogP contribution in [0.3, 0.4) is 0 Å². The summed E-state index contributed by atoms with van der Waals surface area (Å²) >= 11 is 1.47. The number of likely N-dealkylation sites (N-methyl/N-ethyl adjacent to an activating group) is 1. The average Bonchev–Trinajstić information content (AvgIpc) is 3.21. The molecule has 1 saturated heterocycles. The molecular weight excluding hydrogens is 336 g/mol. The number of hydrogen-bond donors (Lipinski definition) is 1. The van der Waals surface area contributed by atoms with E-state index >= 15 is 0 Å². The summed E-state index contributed by atoms with van der Waals surface area (Å²) in [6.07, 6.45) is 0. The molecule has 1 N–H and O–H groups in total. The molecule has 1 atom stereocenters. The van der Waals surface area contributed by atoms with Gasteiger partial charge in [-0.1, -0.05) is 36.4 Å². The van der Waals surface area contributed by atoms with Gasteiger partial charge in [0.25, 0.3) is 11.7 Å². The molecular formula is C19H20N2O3S. The lowest BCUT2D eigenvalue weighted by molar-refractivity contribution is -0.140. The summed E-state index contributed by atoms with van der Waals surface area (Å²) in [5, 5.41) is 12.7. The average molecular weight is 356 g/mol. The van der Waals surface area contributed by atoms with Gasteiger partial charge in [0.15, 0.2) is 0 Å². The third-order valence-electron chi connectivity index (χ3n) is 4.19. The van der Waals surface area contributed by atoms with Crippen LogP contribution in [0.25, 0.3) is 5.76 Å². The number of nitrogens with zero attached hydrogens (tertiary/aromatic N) is 2. The Labute approximate surface area is 150 Å². The molecule has 0 saturated carbocycles. The Hall–Kier alpha value is -2.44. The number of aliphatic hydroxyl groups excluding tert-OH is 1. The smallest absolute Gasteiger partial charge is 0.295 e. The first-order valence-electron chi connectivity index (χ1n) is 8.02. The first kappa shape index (κ1) is 17.4. The van der Waals surface area contributed by atoms with E-state index < -0.39 is 17.7 Å². The maximum absolute atomic E-state index is 12.7. The van der Waals surface area contributed by atoms with E-state index in [1.54, 1.807) is 29.2 Å². The van der Waals surface area contributed by atoms with Crippen LogP contribution in [-0.2, 0) is 9.59 Å². The van der Waals surface area contributed by atoms with E-state index in [4.69, 9.17) is 0 Å². The molecule has 6 heteroatoms. The largest absolute Gasteiger partial charge is 0.507 e. The fraction of sp³-hybridized carbons (Fsp3) is 0.263. The minimum atomic E-state index is -0.626. The van der Waals surface area contributed by atoms with Crippen molar-refractivity contribution < 1.29 is 14.7 Å². The summed E-state index contributed by atoms with van der Waals surface area (Å²) in [6.45, 7) is 1.06. The summed E-state index contributed by atoms with van der Waals surface area (Å²) in [7, 11) is 3.83.